The van der Waals surface area contributed by atoms with E-state index in [1.807, 2.05) is 60.7 Å². The molecule has 1 aliphatic rings. The number of hydrogen-bond donors (Lipinski definition) is 0. The molecule has 0 aliphatic heterocycles. The van der Waals surface area contributed by atoms with Gasteiger partial charge in [-0.25, -0.2) is 0 Å². The molecule has 0 saturated heterocycles. The van der Waals surface area contributed by atoms with E-state index in [-0.39, 0.29) is 5.78 Å². The van der Waals surface area contributed by atoms with Crippen molar-refractivity contribution in [1.29, 1.82) is 0 Å². The summed E-state index contributed by atoms with van der Waals surface area (Å²) >= 11 is 0. The molecule has 0 radical (unpaired) electrons. The molecule has 0 bridgehead atoms. The molecule has 0 atom stereocenters. The molecule has 0 amide bonds. The standard InChI is InChI=1S/C16H12O/c17-16-14(10-12-6-2-1-3-7-12)11-13-8-4-5-9-15(13)16/h1-10H,11H2/b14-10-. The van der Waals surface area contributed by atoms with E-state index in [0.29, 0.717) is 0 Å². The van der Waals surface area contributed by atoms with Gasteiger partial charge < -0.3 is 0 Å². The van der Waals surface area contributed by atoms with Crippen LogP contribution in [-0.4, -0.2) is 5.78 Å². The summed E-state index contributed by atoms with van der Waals surface area (Å²) in [7, 11) is 0. The molecule has 1 aliphatic carbocycles. The van der Waals surface area contributed by atoms with Gasteiger partial charge in [0.05, 0.1) is 0 Å². The lowest BCUT2D eigenvalue weighted by atomic mass is 10.1. The molecule has 3 rings (SSSR count). The van der Waals surface area contributed by atoms with Gasteiger partial charge in [0.1, 0.15) is 0 Å². The molecule has 0 heterocycles. The van der Waals surface area contributed by atoms with E-state index in [1.165, 1.54) is 0 Å². The molecule has 17 heavy (non-hydrogen) atoms. The smallest absolute Gasteiger partial charge is 0.189 e. The summed E-state index contributed by atoms with van der Waals surface area (Å²) in [6.07, 6.45) is 2.74. The monoisotopic (exact) mass is 220 g/mol. The second-order valence-corrected chi connectivity index (χ2v) is 4.24. The zero-order chi connectivity index (χ0) is 11.7. The van der Waals surface area contributed by atoms with E-state index in [4.69, 9.17) is 0 Å². The van der Waals surface area contributed by atoms with E-state index < -0.39 is 0 Å². The van der Waals surface area contributed by atoms with Gasteiger partial charge in [-0.2, -0.15) is 0 Å². The highest BCUT2D eigenvalue weighted by Crippen LogP contribution is 2.27. The number of benzene rings is 2. The summed E-state index contributed by atoms with van der Waals surface area (Å²) in [6, 6.07) is 17.8. The zero-order valence-corrected chi connectivity index (χ0v) is 9.39. The molecule has 2 aromatic rings. The number of hydrogen-bond acceptors (Lipinski definition) is 1. The summed E-state index contributed by atoms with van der Waals surface area (Å²) in [4.78, 5) is 12.1. The van der Waals surface area contributed by atoms with Crippen LogP contribution in [-0.2, 0) is 6.42 Å². The predicted octanol–water partition coefficient (Wildman–Crippen LogP) is 3.51. The summed E-state index contributed by atoms with van der Waals surface area (Å²) in [5.74, 6) is 0.171. The molecule has 0 unspecified atom stereocenters. The quantitative estimate of drug-likeness (QED) is 0.672. The Bertz CT molecular complexity index is 594. The summed E-state index contributed by atoms with van der Waals surface area (Å²) in [6.45, 7) is 0. The number of fused-ring (bicyclic) bond motifs is 1. The van der Waals surface area contributed by atoms with Crippen LogP contribution in [0.1, 0.15) is 21.5 Å². The van der Waals surface area contributed by atoms with E-state index >= 15 is 0 Å². The minimum atomic E-state index is 0.171. The molecule has 2 aromatic carbocycles. The van der Waals surface area contributed by atoms with Crippen molar-refractivity contribution in [3.8, 4) is 0 Å². The molecule has 82 valence electrons. The Morgan fingerprint density at radius 1 is 0.882 bits per heavy atom. The fourth-order valence-corrected chi connectivity index (χ4v) is 2.22. The van der Waals surface area contributed by atoms with Crippen molar-refractivity contribution >= 4 is 11.9 Å². The predicted molar refractivity (Wildman–Crippen MR) is 68.9 cm³/mol. The first-order valence-corrected chi connectivity index (χ1v) is 5.73. The lowest BCUT2D eigenvalue weighted by Crippen LogP contribution is -1.94. The second-order valence-electron chi connectivity index (χ2n) is 4.24. The van der Waals surface area contributed by atoms with Gasteiger partial charge in [-0.05, 0) is 17.2 Å². The highest BCUT2D eigenvalue weighted by atomic mass is 16.1. The maximum absolute atomic E-state index is 12.1. The van der Waals surface area contributed by atoms with Crippen molar-refractivity contribution in [2.24, 2.45) is 0 Å². The molecule has 1 heteroatoms. The van der Waals surface area contributed by atoms with Crippen molar-refractivity contribution in [3.05, 3.63) is 76.9 Å². The van der Waals surface area contributed by atoms with Gasteiger partial charge in [0.25, 0.3) is 0 Å². The highest BCUT2D eigenvalue weighted by molar-refractivity contribution is 6.15. The molecule has 0 saturated carbocycles. The van der Waals surface area contributed by atoms with Gasteiger partial charge >= 0.3 is 0 Å². The second kappa shape index (κ2) is 4.02. The average molecular weight is 220 g/mol. The van der Waals surface area contributed by atoms with Crippen molar-refractivity contribution in [2.75, 3.05) is 0 Å². The normalized spacial score (nSPS) is 16.2. The first-order valence-electron chi connectivity index (χ1n) is 5.73. The van der Waals surface area contributed by atoms with Gasteiger partial charge in [-0.3, -0.25) is 4.79 Å². The minimum absolute atomic E-state index is 0.171. The molecule has 0 aromatic heterocycles. The van der Waals surface area contributed by atoms with Gasteiger partial charge in [0.2, 0.25) is 0 Å². The van der Waals surface area contributed by atoms with Crippen LogP contribution in [0.2, 0.25) is 0 Å². The third kappa shape index (κ3) is 1.80. The average Bonchev–Trinajstić information content (AvgIpc) is 2.68. The topological polar surface area (TPSA) is 17.1 Å². The van der Waals surface area contributed by atoms with Crippen LogP contribution in [0.15, 0.2) is 60.2 Å². The molecule has 0 fully saturated rings. The summed E-state index contributed by atoms with van der Waals surface area (Å²) in [5.41, 5.74) is 3.97. The first-order chi connectivity index (χ1) is 8.34. The Morgan fingerprint density at radius 3 is 2.35 bits per heavy atom. The number of Topliss-reactive ketones (excluding diaryl/α,β-unsaturated/α-hetero) is 1. The number of allylic oxidation sites excluding steroid dienone is 1. The van der Waals surface area contributed by atoms with Gasteiger partial charge in [0, 0.05) is 17.6 Å². The SMILES string of the molecule is O=C1/C(=C\c2ccccc2)Cc2ccccc21. The molecular weight excluding hydrogens is 208 g/mol. The lowest BCUT2D eigenvalue weighted by molar-refractivity contribution is 0.104. The fraction of sp³-hybridized carbons (Fsp3) is 0.0625. The number of carbonyl (C=O) groups is 1. The number of ketones is 1. The van der Waals surface area contributed by atoms with Gasteiger partial charge in [0.15, 0.2) is 5.78 Å². The van der Waals surface area contributed by atoms with Gasteiger partial charge in [-0.1, -0.05) is 54.6 Å². The van der Waals surface area contributed by atoms with E-state index in [9.17, 15) is 4.79 Å². The molecule has 0 spiro atoms. The summed E-state index contributed by atoms with van der Waals surface area (Å²) in [5, 5.41) is 0. The van der Waals surface area contributed by atoms with E-state index in [0.717, 1.165) is 28.7 Å². The molecule has 0 N–H and O–H groups in total. The van der Waals surface area contributed by atoms with Crippen LogP contribution in [0.25, 0.3) is 6.08 Å². The van der Waals surface area contributed by atoms with E-state index in [2.05, 4.69) is 0 Å². The highest BCUT2D eigenvalue weighted by Gasteiger charge is 2.23. The van der Waals surface area contributed by atoms with Gasteiger partial charge in [-0.15, -0.1) is 0 Å². The third-order valence-corrected chi connectivity index (χ3v) is 3.08. The fourth-order valence-electron chi connectivity index (χ4n) is 2.22. The summed E-state index contributed by atoms with van der Waals surface area (Å²) < 4.78 is 0. The Labute approximate surface area is 100 Å². The van der Waals surface area contributed by atoms with Crippen LogP contribution >= 0.6 is 0 Å². The Balaban J connectivity index is 2.00. The van der Waals surface area contributed by atoms with Crippen LogP contribution < -0.4 is 0 Å². The first kappa shape index (κ1) is 10.0. The van der Waals surface area contributed by atoms with Crippen LogP contribution in [0, 0.1) is 0 Å². The largest absolute Gasteiger partial charge is 0.289 e. The third-order valence-electron chi connectivity index (χ3n) is 3.08. The maximum Gasteiger partial charge on any atom is 0.189 e. The van der Waals surface area contributed by atoms with Crippen LogP contribution in [0.5, 0.6) is 0 Å². The zero-order valence-electron chi connectivity index (χ0n) is 9.39. The van der Waals surface area contributed by atoms with Crippen molar-refractivity contribution in [3.63, 3.8) is 0 Å². The number of carbonyl (C=O) groups excluding carboxylic acids is 1. The van der Waals surface area contributed by atoms with Crippen LogP contribution in [0.3, 0.4) is 0 Å². The van der Waals surface area contributed by atoms with Crippen molar-refractivity contribution < 1.29 is 4.79 Å². The Kier molecular flexibility index (Phi) is 2.37. The number of rotatable bonds is 1. The van der Waals surface area contributed by atoms with Crippen molar-refractivity contribution in [1.82, 2.24) is 0 Å². The molecular formula is C16H12O. The minimum Gasteiger partial charge on any atom is -0.289 e. The Morgan fingerprint density at radius 2 is 1.59 bits per heavy atom. The van der Waals surface area contributed by atoms with E-state index in [1.54, 1.807) is 0 Å². The Hall–Kier alpha value is -2.15. The lowest BCUT2D eigenvalue weighted by Gasteiger charge is -1.95. The van der Waals surface area contributed by atoms with Crippen LogP contribution in [0.4, 0.5) is 0 Å². The molecule has 1 nitrogen and oxygen atoms in total. The maximum atomic E-state index is 12.1. The van der Waals surface area contributed by atoms with Crippen molar-refractivity contribution in [2.45, 2.75) is 6.42 Å².